The fourth-order valence-electron chi connectivity index (χ4n) is 11.4. The number of hydrogen-bond donors (Lipinski definition) is 0. The van der Waals surface area contributed by atoms with Gasteiger partial charge in [0.25, 0.3) is 0 Å². The van der Waals surface area contributed by atoms with Crippen LogP contribution in [0.15, 0.2) is 218 Å². The van der Waals surface area contributed by atoms with Crippen molar-refractivity contribution in [1.82, 2.24) is 19.1 Å². The minimum atomic E-state index is 0.654. The highest BCUT2D eigenvalue weighted by molar-refractivity contribution is 6.30. The number of rotatable bonds is 4. The van der Waals surface area contributed by atoms with Crippen molar-refractivity contribution in [2.45, 2.75) is 0 Å². The molecule has 0 fully saturated rings. The van der Waals surface area contributed by atoms with E-state index in [0.717, 1.165) is 60.6 Å². The number of hydrogen-bond acceptors (Lipinski definition) is 2. The van der Waals surface area contributed by atoms with Crippen molar-refractivity contribution in [3.05, 3.63) is 218 Å². The highest BCUT2D eigenvalue weighted by Gasteiger charge is 2.26. The van der Waals surface area contributed by atoms with E-state index in [2.05, 4.69) is 228 Å². The van der Waals surface area contributed by atoms with Gasteiger partial charge >= 0.3 is 0 Å². The number of benzene rings is 11. The van der Waals surface area contributed by atoms with E-state index in [1.54, 1.807) is 0 Å². The van der Waals surface area contributed by atoms with Crippen LogP contribution in [0.2, 0.25) is 0 Å². The lowest BCUT2D eigenvalue weighted by Crippen LogP contribution is -2.03. The summed E-state index contributed by atoms with van der Waals surface area (Å²) in [5.74, 6) is 0.654. The smallest absolute Gasteiger partial charge is 0.235 e. The van der Waals surface area contributed by atoms with Crippen molar-refractivity contribution < 1.29 is 0 Å². The highest BCUT2D eigenvalue weighted by atomic mass is 15.2. The fourth-order valence-corrected chi connectivity index (χ4v) is 11.4. The fraction of sp³-hybridized carbons (Fsp3) is 0. The molecule has 0 radical (unpaired) electrons. The van der Waals surface area contributed by atoms with Crippen LogP contribution in [0.4, 0.5) is 0 Å². The second-order valence-corrected chi connectivity index (χ2v) is 17.7. The Morgan fingerprint density at radius 1 is 0.288 bits per heavy atom. The first-order valence-electron chi connectivity index (χ1n) is 22.7. The molecule has 11 aromatic carbocycles. The van der Waals surface area contributed by atoms with Crippen molar-refractivity contribution in [3.8, 4) is 56.3 Å². The zero-order valence-corrected chi connectivity index (χ0v) is 35.6. The van der Waals surface area contributed by atoms with Crippen LogP contribution in [0.3, 0.4) is 0 Å². The van der Waals surface area contributed by atoms with E-state index in [-0.39, 0.29) is 0 Å². The maximum Gasteiger partial charge on any atom is 0.235 e. The topological polar surface area (TPSA) is 35.6 Å². The minimum Gasteiger partial charge on any atom is -0.309 e. The Kier molecular flexibility index (Phi) is 7.19. The molecule has 0 unspecified atom stereocenters. The Balaban J connectivity index is 1.01. The van der Waals surface area contributed by atoms with E-state index in [1.165, 1.54) is 76.6 Å². The Bertz CT molecular complexity index is 4390. The molecule has 0 saturated carbocycles. The lowest BCUT2D eigenvalue weighted by molar-refractivity contribution is 1.02. The SMILES string of the molecule is c1ccc(-c2nc(-n3c4ccc(-c5ccc6c(c5)c5c7cccc8c7c(cc5n6-c5ccccc5)-c5ccccc5-8)cc4c4c5ccccc5ccc43)nc3c2ccc2ccccc23)cc1. The van der Waals surface area contributed by atoms with Crippen LogP contribution >= 0.6 is 0 Å². The summed E-state index contributed by atoms with van der Waals surface area (Å²) in [6.45, 7) is 0. The van der Waals surface area contributed by atoms with Gasteiger partial charge in [-0.05, 0) is 115 Å². The predicted octanol–water partition coefficient (Wildman–Crippen LogP) is 16.3. The first kappa shape index (κ1) is 35.6. The van der Waals surface area contributed by atoms with Gasteiger partial charge in [-0.1, -0.05) is 164 Å². The van der Waals surface area contributed by atoms with Gasteiger partial charge < -0.3 is 4.57 Å². The summed E-state index contributed by atoms with van der Waals surface area (Å²) in [4.78, 5) is 11.0. The van der Waals surface area contributed by atoms with Crippen molar-refractivity contribution in [3.63, 3.8) is 0 Å². The molecular formula is C62H36N4. The molecule has 0 spiro atoms. The number of para-hydroxylation sites is 1. The van der Waals surface area contributed by atoms with Crippen LogP contribution in [0.5, 0.6) is 0 Å². The molecule has 1 aliphatic rings. The molecule has 304 valence electrons. The van der Waals surface area contributed by atoms with Crippen LogP contribution in [-0.2, 0) is 0 Å². The van der Waals surface area contributed by atoms with Crippen LogP contribution in [0, 0.1) is 0 Å². The Morgan fingerprint density at radius 3 is 1.64 bits per heavy atom. The third-order valence-electron chi connectivity index (χ3n) is 14.2. The quantitative estimate of drug-likeness (QED) is 0.166. The highest BCUT2D eigenvalue weighted by Crippen LogP contribution is 2.51. The Labute approximate surface area is 378 Å². The summed E-state index contributed by atoms with van der Waals surface area (Å²) < 4.78 is 4.74. The van der Waals surface area contributed by atoms with E-state index in [0.29, 0.717) is 5.95 Å². The third kappa shape index (κ3) is 4.87. The van der Waals surface area contributed by atoms with Crippen molar-refractivity contribution in [2.24, 2.45) is 0 Å². The van der Waals surface area contributed by atoms with Crippen LogP contribution in [0.1, 0.15) is 0 Å². The molecule has 0 atom stereocenters. The van der Waals surface area contributed by atoms with E-state index < -0.39 is 0 Å². The first-order chi connectivity index (χ1) is 32.7. The molecule has 0 amide bonds. The summed E-state index contributed by atoms with van der Waals surface area (Å²) in [5.41, 5.74) is 16.2. The molecule has 4 heteroatoms. The van der Waals surface area contributed by atoms with Crippen molar-refractivity contribution in [2.75, 3.05) is 0 Å². The van der Waals surface area contributed by atoms with Gasteiger partial charge in [0.15, 0.2) is 0 Å². The molecule has 4 nitrogen and oxygen atoms in total. The Morgan fingerprint density at radius 2 is 0.864 bits per heavy atom. The standard InChI is InChI=1S/C62H36N4/c1-3-16-39(17-4-1)60-49-30-26-38-15-8-10-21-44(38)61(49)64-62(63-60)66-54-32-29-41(35-52(54)58-43-20-9-7-14-37(43)27-33-55(58)66)40-28-31-53-51(34-40)59-48-25-13-24-47-45-22-11-12-23-46(45)50(57(47)48)36-56(59)65(53)42-18-5-2-6-19-42/h1-36H. The lowest BCUT2D eigenvalue weighted by Gasteiger charge is -2.13. The predicted molar refractivity (Wildman–Crippen MR) is 276 cm³/mol. The van der Waals surface area contributed by atoms with Gasteiger partial charge in [-0.15, -0.1) is 0 Å². The molecule has 3 aromatic heterocycles. The Hall–Kier alpha value is -8.86. The third-order valence-corrected chi connectivity index (χ3v) is 14.2. The lowest BCUT2D eigenvalue weighted by atomic mass is 9.96. The molecular weight excluding hydrogens is 801 g/mol. The summed E-state index contributed by atoms with van der Waals surface area (Å²) >= 11 is 0. The molecule has 66 heavy (non-hydrogen) atoms. The first-order valence-corrected chi connectivity index (χ1v) is 22.7. The molecule has 0 N–H and O–H groups in total. The monoisotopic (exact) mass is 836 g/mol. The van der Waals surface area contributed by atoms with E-state index in [1.807, 2.05) is 0 Å². The average Bonchev–Trinajstić information content (AvgIpc) is 4.02. The zero-order valence-electron chi connectivity index (χ0n) is 35.6. The number of aromatic nitrogens is 4. The van der Waals surface area contributed by atoms with Gasteiger partial charge in [0.1, 0.15) is 0 Å². The van der Waals surface area contributed by atoms with Gasteiger partial charge in [0.2, 0.25) is 5.95 Å². The van der Waals surface area contributed by atoms with Crippen molar-refractivity contribution in [1.29, 1.82) is 0 Å². The van der Waals surface area contributed by atoms with Gasteiger partial charge in [-0.2, -0.15) is 0 Å². The summed E-state index contributed by atoms with van der Waals surface area (Å²) in [7, 11) is 0. The van der Waals surface area contributed by atoms with E-state index in [9.17, 15) is 0 Å². The largest absolute Gasteiger partial charge is 0.309 e. The number of fused-ring (bicyclic) bond motifs is 15. The van der Waals surface area contributed by atoms with Crippen LogP contribution in [-0.4, -0.2) is 19.1 Å². The van der Waals surface area contributed by atoms with E-state index >= 15 is 0 Å². The molecule has 0 saturated heterocycles. The average molecular weight is 837 g/mol. The number of nitrogens with zero attached hydrogens (tertiary/aromatic N) is 4. The molecule has 0 bridgehead atoms. The van der Waals surface area contributed by atoms with Gasteiger partial charge in [-0.3, -0.25) is 4.57 Å². The van der Waals surface area contributed by atoms with Gasteiger partial charge in [0.05, 0.1) is 33.3 Å². The maximum absolute atomic E-state index is 5.49. The summed E-state index contributed by atoms with van der Waals surface area (Å²) in [6.07, 6.45) is 0. The molecule has 14 aromatic rings. The molecule has 0 aliphatic heterocycles. The van der Waals surface area contributed by atoms with Crippen LogP contribution in [0.25, 0.3) is 143 Å². The second-order valence-electron chi connectivity index (χ2n) is 17.7. The van der Waals surface area contributed by atoms with Gasteiger partial charge in [-0.25, -0.2) is 9.97 Å². The van der Waals surface area contributed by atoms with Gasteiger partial charge in [0, 0.05) is 43.6 Å². The second kappa shape index (κ2) is 13.3. The normalized spacial score (nSPS) is 12.2. The summed E-state index contributed by atoms with van der Waals surface area (Å²) in [6, 6.07) is 79.6. The summed E-state index contributed by atoms with van der Waals surface area (Å²) in [5, 5.41) is 13.2. The maximum atomic E-state index is 5.49. The zero-order chi connectivity index (χ0) is 43.0. The molecule has 1 aliphatic carbocycles. The van der Waals surface area contributed by atoms with Crippen LogP contribution < -0.4 is 0 Å². The molecule has 3 heterocycles. The van der Waals surface area contributed by atoms with Crippen molar-refractivity contribution >= 4 is 86.8 Å². The molecule has 15 rings (SSSR count). The minimum absolute atomic E-state index is 0.654. The van der Waals surface area contributed by atoms with E-state index in [4.69, 9.17) is 9.97 Å².